The standard InChI is InChI=1S/C8H18O3Si.C5H9NO/c1-5-9-12(8-4,10-6-2)11-7-3;1-6-4-2-3-5(6)7/h8H,4-7H2,1-3H3;2-4H2,1H3. The van der Waals surface area contributed by atoms with Crippen LogP contribution >= 0.6 is 0 Å². The van der Waals surface area contributed by atoms with Gasteiger partial charge in [-0.1, -0.05) is 6.58 Å². The monoisotopic (exact) mass is 289 g/mol. The molecule has 1 aliphatic rings. The van der Waals surface area contributed by atoms with Crippen LogP contribution in [-0.4, -0.2) is 53.0 Å². The van der Waals surface area contributed by atoms with E-state index in [1.807, 2.05) is 27.8 Å². The Labute approximate surface area is 117 Å². The number of carbonyl (C=O) groups excluding carboxylic acids is 1. The van der Waals surface area contributed by atoms with Gasteiger partial charge in [-0.2, -0.15) is 0 Å². The Morgan fingerprint density at radius 3 is 1.84 bits per heavy atom. The first-order valence-electron chi connectivity index (χ1n) is 6.84. The molecule has 112 valence electrons. The van der Waals surface area contributed by atoms with Crippen LogP contribution in [0.1, 0.15) is 33.6 Å². The van der Waals surface area contributed by atoms with E-state index < -0.39 is 8.80 Å². The Hall–Kier alpha value is -0.693. The number of nitrogens with zero attached hydrogens (tertiary/aromatic N) is 1. The highest BCUT2D eigenvalue weighted by Gasteiger charge is 2.36. The number of hydrogen-bond donors (Lipinski definition) is 0. The van der Waals surface area contributed by atoms with Crippen LogP contribution in [0.5, 0.6) is 0 Å². The summed E-state index contributed by atoms with van der Waals surface area (Å²) in [5.74, 6) is 0.292. The average Bonchev–Trinajstić information content (AvgIpc) is 2.75. The Bertz CT molecular complexity index is 256. The molecule has 0 bridgehead atoms. The molecule has 0 atom stereocenters. The van der Waals surface area contributed by atoms with Gasteiger partial charge in [-0.3, -0.25) is 4.79 Å². The van der Waals surface area contributed by atoms with Gasteiger partial charge in [-0.05, 0) is 32.9 Å². The minimum atomic E-state index is -2.51. The predicted molar refractivity (Wildman–Crippen MR) is 77.7 cm³/mol. The molecule has 1 amide bonds. The minimum absolute atomic E-state index is 0.292. The zero-order valence-corrected chi connectivity index (χ0v) is 13.6. The highest BCUT2D eigenvalue weighted by atomic mass is 28.4. The summed E-state index contributed by atoms with van der Waals surface area (Å²) in [4.78, 5) is 12.3. The van der Waals surface area contributed by atoms with Gasteiger partial charge in [-0.25, -0.2) is 0 Å². The minimum Gasteiger partial charge on any atom is -0.371 e. The van der Waals surface area contributed by atoms with Crippen molar-refractivity contribution in [3.63, 3.8) is 0 Å². The third-order valence-electron chi connectivity index (χ3n) is 2.60. The molecule has 6 heteroatoms. The second-order valence-electron chi connectivity index (χ2n) is 4.03. The van der Waals surface area contributed by atoms with Gasteiger partial charge in [0, 0.05) is 39.8 Å². The zero-order chi connectivity index (χ0) is 14.7. The van der Waals surface area contributed by atoms with Crippen LogP contribution < -0.4 is 0 Å². The molecular weight excluding hydrogens is 262 g/mol. The van der Waals surface area contributed by atoms with Crippen molar-refractivity contribution in [3.8, 4) is 0 Å². The lowest BCUT2D eigenvalue weighted by atomic mass is 10.4. The Balaban J connectivity index is 0.000000388. The van der Waals surface area contributed by atoms with Crippen molar-refractivity contribution in [2.45, 2.75) is 33.6 Å². The highest BCUT2D eigenvalue weighted by Crippen LogP contribution is 2.10. The van der Waals surface area contributed by atoms with Gasteiger partial charge in [-0.15, -0.1) is 0 Å². The van der Waals surface area contributed by atoms with E-state index in [1.165, 1.54) is 0 Å². The van der Waals surface area contributed by atoms with E-state index >= 15 is 0 Å². The Kier molecular flexibility index (Phi) is 9.77. The molecule has 1 fully saturated rings. The Morgan fingerprint density at radius 2 is 1.68 bits per heavy atom. The molecule has 0 spiro atoms. The van der Waals surface area contributed by atoms with Gasteiger partial charge in [0.2, 0.25) is 5.91 Å². The summed E-state index contributed by atoms with van der Waals surface area (Å²) in [5.41, 5.74) is 1.67. The van der Waals surface area contributed by atoms with Crippen LogP contribution in [0, 0.1) is 0 Å². The lowest BCUT2D eigenvalue weighted by Gasteiger charge is -2.24. The smallest absolute Gasteiger partial charge is 0.371 e. The molecule has 0 aliphatic carbocycles. The van der Waals surface area contributed by atoms with E-state index in [4.69, 9.17) is 13.3 Å². The zero-order valence-electron chi connectivity index (χ0n) is 12.6. The van der Waals surface area contributed by atoms with E-state index in [-0.39, 0.29) is 0 Å². The third-order valence-corrected chi connectivity index (χ3v) is 5.17. The first-order chi connectivity index (χ1) is 9.05. The largest absolute Gasteiger partial charge is 0.528 e. The van der Waals surface area contributed by atoms with Gasteiger partial charge in [0.1, 0.15) is 0 Å². The first-order valence-corrected chi connectivity index (χ1v) is 8.64. The summed E-state index contributed by atoms with van der Waals surface area (Å²) >= 11 is 0. The van der Waals surface area contributed by atoms with Gasteiger partial charge >= 0.3 is 8.80 Å². The van der Waals surface area contributed by atoms with Crippen LogP contribution in [0.3, 0.4) is 0 Å². The molecule has 0 unspecified atom stereocenters. The van der Waals surface area contributed by atoms with Crippen molar-refractivity contribution >= 4 is 14.7 Å². The van der Waals surface area contributed by atoms with E-state index in [0.29, 0.717) is 25.7 Å². The summed E-state index contributed by atoms with van der Waals surface area (Å²) in [6.45, 7) is 12.2. The third kappa shape index (κ3) is 6.86. The van der Waals surface area contributed by atoms with Crippen LogP contribution in [-0.2, 0) is 18.1 Å². The number of carbonyl (C=O) groups is 1. The SMILES string of the molecule is C=C[Si](OCC)(OCC)OCC.CN1CCCC1=O. The van der Waals surface area contributed by atoms with Crippen LogP contribution in [0.2, 0.25) is 0 Å². The summed E-state index contributed by atoms with van der Waals surface area (Å²) in [6.07, 6.45) is 1.81. The summed E-state index contributed by atoms with van der Waals surface area (Å²) in [7, 11) is -0.663. The predicted octanol–water partition coefficient (Wildman–Crippen LogP) is 2.00. The molecule has 0 aromatic heterocycles. The van der Waals surface area contributed by atoms with Crippen LogP contribution in [0.25, 0.3) is 0 Å². The van der Waals surface area contributed by atoms with Gasteiger partial charge in [0.05, 0.1) is 0 Å². The molecule has 1 heterocycles. The number of rotatable bonds is 7. The van der Waals surface area contributed by atoms with Crippen LogP contribution in [0.4, 0.5) is 0 Å². The number of hydrogen-bond acceptors (Lipinski definition) is 4. The summed E-state index contributed by atoms with van der Waals surface area (Å²) in [5, 5.41) is 0. The quantitative estimate of drug-likeness (QED) is 0.673. The molecule has 0 aromatic rings. The average molecular weight is 289 g/mol. The molecule has 0 N–H and O–H groups in total. The van der Waals surface area contributed by atoms with E-state index in [1.54, 1.807) is 10.6 Å². The second kappa shape index (κ2) is 10.1. The molecule has 0 radical (unpaired) electrons. The van der Waals surface area contributed by atoms with Gasteiger partial charge in [0.25, 0.3) is 0 Å². The topological polar surface area (TPSA) is 48.0 Å². The van der Waals surface area contributed by atoms with Gasteiger partial charge < -0.3 is 18.2 Å². The first kappa shape index (κ1) is 18.3. The van der Waals surface area contributed by atoms with Crippen molar-refractivity contribution in [2.24, 2.45) is 0 Å². The molecule has 1 aliphatic heterocycles. The second-order valence-corrected chi connectivity index (χ2v) is 6.51. The van der Waals surface area contributed by atoms with E-state index in [9.17, 15) is 4.79 Å². The van der Waals surface area contributed by atoms with Crippen LogP contribution in [0.15, 0.2) is 12.3 Å². The van der Waals surface area contributed by atoms with Crippen molar-refractivity contribution in [2.75, 3.05) is 33.4 Å². The number of likely N-dealkylation sites (tertiary alicyclic amines) is 1. The molecule has 19 heavy (non-hydrogen) atoms. The summed E-state index contributed by atoms with van der Waals surface area (Å²) < 4.78 is 16.3. The van der Waals surface area contributed by atoms with Gasteiger partial charge in [0.15, 0.2) is 0 Å². The molecule has 1 saturated heterocycles. The molecule has 0 saturated carbocycles. The lowest BCUT2D eigenvalue weighted by Crippen LogP contribution is -2.44. The van der Waals surface area contributed by atoms with E-state index in [2.05, 4.69) is 6.58 Å². The molecular formula is C13H27NO4Si. The molecule has 0 aromatic carbocycles. The maximum atomic E-state index is 10.5. The maximum absolute atomic E-state index is 10.5. The van der Waals surface area contributed by atoms with Crippen molar-refractivity contribution < 1.29 is 18.1 Å². The fraction of sp³-hybridized carbons (Fsp3) is 0.769. The van der Waals surface area contributed by atoms with Crippen molar-refractivity contribution in [3.05, 3.63) is 12.3 Å². The molecule has 1 rings (SSSR count). The molecule has 5 nitrogen and oxygen atoms in total. The fourth-order valence-corrected chi connectivity index (χ4v) is 3.50. The lowest BCUT2D eigenvalue weighted by molar-refractivity contribution is -0.126. The van der Waals surface area contributed by atoms with E-state index in [0.717, 1.165) is 19.4 Å². The summed E-state index contributed by atoms with van der Waals surface area (Å²) in [6, 6.07) is 0. The highest BCUT2D eigenvalue weighted by molar-refractivity contribution is 6.66. The normalized spacial score (nSPS) is 15.2. The van der Waals surface area contributed by atoms with Crippen molar-refractivity contribution in [1.29, 1.82) is 0 Å². The maximum Gasteiger partial charge on any atom is 0.528 e. The number of amides is 1. The Morgan fingerprint density at radius 1 is 1.21 bits per heavy atom. The van der Waals surface area contributed by atoms with Crippen molar-refractivity contribution in [1.82, 2.24) is 4.90 Å². The fourth-order valence-electron chi connectivity index (χ4n) is 1.69.